The molecule has 0 saturated carbocycles. The first kappa shape index (κ1) is 64.9. The molecule has 0 aliphatic rings. The van der Waals surface area contributed by atoms with Gasteiger partial charge in [0.1, 0.15) is 0 Å². The first-order chi connectivity index (χ1) is 35.3. The number of amides is 2. The average Bonchev–Trinajstić information content (AvgIpc) is 3.40. The molecule has 22 nitrogen and oxygen atoms in total. The second-order valence-electron chi connectivity index (χ2n) is 15.7. The van der Waals surface area contributed by atoms with Crippen molar-refractivity contribution in [2.45, 2.75) is 27.7 Å². The smallest absolute Gasteiger partial charge is 0.857 e. The number of nitrogen functional groups attached to an aromatic ring is 4. The van der Waals surface area contributed by atoms with Gasteiger partial charge in [0.15, 0.2) is 0 Å². The minimum absolute atomic E-state index is 0. The van der Waals surface area contributed by atoms with Gasteiger partial charge < -0.3 is 53.2 Å². The van der Waals surface area contributed by atoms with Crippen LogP contribution in [0.4, 0.5) is 22.7 Å². The van der Waals surface area contributed by atoms with E-state index in [2.05, 4.69) is 50.8 Å². The van der Waals surface area contributed by atoms with Gasteiger partial charge in [-0.15, -0.1) is 0 Å². The summed E-state index contributed by atoms with van der Waals surface area (Å²) in [6.45, 7) is 6.71. The van der Waals surface area contributed by atoms with Crippen molar-refractivity contribution in [3.63, 3.8) is 0 Å². The molecular weight excluding hydrogens is 1070 g/mol. The Bertz CT molecular complexity index is 2730. The third-order valence-corrected chi connectivity index (χ3v) is 9.33. The van der Waals surface area contributed by atoms with E-state index in [1.165, 1.54) is 9.80 Å². The Labute approximate surface area is 461 Å². The molecule has 8 N–H and O–H groups in total. The van der Waals surface area contributed by atoms with Gasteiger partial charge in [-0.25, -0.2) is 9.97 Å². The fourth-order valence-corrected chi connectivity index (χ4v) is 5.34. The second-order valence-corrected chi connectivity index (χ2v) is 15.7. The summed E-state index contributed by atoms with van der Waals surface area (Å²) in [6, 6.07) is 36.9. The van der Waals surface area contributed by atoms with E-state index in [0.29, 0.717) is 68.4 Å². The van der Waals surface area contributed by atoms with Crippen LogP contribution in [0.15, 0.2) is 174 Å². The largest absolute Gasteiger partial charge is 2.00 e. The van der Waals surface area contributed by atoms with E-state index >= 15 is 0 Å². The van der Waals surface area contributed by atoms with Crippen LogP contribution < -0.4 is 43.4 Å². The van der Waals surface area contributed by atoms with Gasteiger partial charge in [0, 0.05) is 96.8 Å². The van der Waals surface area contributed by atoms with Crippen LogP contribution in [0.2, 0.25) is 0 Å². The Morgan fingerprint density at radius 3 is 0.724 bits per heavy atom. The number of aromatic nitrogens is 2. The van der Waals surface area contributed by atoms with Gasteiger partial charge in [-0.3, -0.25) is 9.59 Å². The minimum Gasteiger partial charge on any atom is -0.857 e. The molecule has 76 heavy (non-hydrogen) atoms. The zero-order chi connectivity index (χ0) is 54.7. The Morgan fingerprint density at radius 2 is 0.553 bits per heavy atom. The molecule has 0 unspecified atom stereocenters. The topological polar surface area (TPSA) is 362 Å². The van der Waals surface area contributed by atoms with Crippen LogP contribution in [0.3, 0.4) is 0 Å². The minimum atomic E-state index is -0.547. The molecule has 0 bridgehead atoms. The second kappa shape index (κ2) is 33.6. The molecule has 0 aliphatic heterocycles. The molecule has 2 aromatic heterocycles. The number of nitrogens with zero attached hydrogens (tertiary/aromatic N) is 12. The Morgan fingerprint density at radius 1 is 0.368 bits per heavy atom. The standard InChI is InChI=1S/2C23H23N7O2.2C3H7NO.2Cu/c2*1-14(27-29-22(31)16-8-3-5-10-18(16)24)20-12-7-13-21(26-20)15(2)28-30-23(32)17-9-4-6-11-19(17)25;2*1-4(2)3-5;;/h2*3-13H,24-25H2,1-2H3,(H,29,31)(H,30,32);2*3H,1-2H3;;/q;;;;2*+2/p-4/b2*27-14+,28-15+;;;;. The van der Waals surface area contributed by atoms with Gasteiger partial charge in [0.05, 0.1) is 45.6 Å². The third-order valence-electron chi connectivity index (χ3n) is 9.33. The summed E-state index contributed by atoms with van der Waals surface area (Å²) in [5, 5.41) is 79.7. The number of rotatable bonds is 14. The van der Waals surface area contributed by atoms with Crippen LogP contribution in [0.5, 0.6) is 0 Å². The molecule has 0 atom stereocenters. The third kappa shape index (κ3) is 21.6. The van der Waals surface area contributed by atoms with E-state index in [1.807, 2.05) is 0 Å². The molecule has 0 spiro atoms. The summed E-state index contributed by atoms with van der Waals surface area (Å²) in [6.07, 6.45) is 1.50. The number of anilines is 4. The molecule has 6 rings (SSSR count). The number of pyridine rings is 2. The first-order valence-corrected chi connectivity index (χ1v) is 22.0. The summed E-state index contributed by atoms with van der Waals surface area (Å²) >= 11 is 0. The molecule has 402 valence electrons. The van der Waals surface area contributed by atoms with Crippen LogP contribution in [0.1, 0.15) is 72.7 Å². The van der Waals surface area contributed by atoms with Crippen LogP contribution in [0.25, 0.3) is 0 Å². The maximum Gasteiger partial charge on any atom is 2.00 e. The molecular formula is C52H56Cu2N16O6. The molecule has 2 heterocycles. The van der Waals surface area contributed by atoms with E-state index in [4.69, 9.17) is 22.9 Å². The van der Waals surface area contributed by atoms with Gasteiger partial charge in [-0.1, -0.05) is 84.9 Å². The zero-order valence-electron chi connectivity index (χ0n) is 42.6. The molecule has 0 saturated heterocycles. The Hall–Kier alpha value is -9.08. The summed E-state index contributed by atoms with van der Waals surface area (Å²) in [5.74, 6) is -2.19. The molecule has 6 aromatic rings. The molecule has 0 aliphatic carbocycles. The number of hydrogen-bond donors (Lipinski definition) is 4. The summed E-state index contributed by atoms with van der Waals surface area (Å²) in [7, 11) is 6.75. The van der Waals surface area contributed by atoms with Gasteiger partial charge in [-0.2, -0.15) is 40.8 Å². The predicted octanol–water partition coefficient (Wildman–Crippen LogP) is 2.02. The Balaban J connectivity index is 0.000000630. The van der Waals surface area contributed by atoms with E-state index in [0.717, 1.165) is 12.8 Å². The fourth-order valence-electron chi connectivity index (χ4n) is 5.34. The average molecular weight is 1130 g/mol. The maximum atomic E-state index is 12.2. The summed E-state index contributed by atoms with van der Waals surface area (Å²) in [5.41, 5.74) is 29.3. The molecule has 4 aromatic carbocycles. The quantitative estimate of drug-likeness (QED) is 0.0304. The van der Waals surface area contributed by atoms with E-state index < -0.39 is 23.6 Å². The molecule has 2 radical (unpaired) electrons. The first-order valence-electron chi connectivity index (χ1n) is 22.0. The van der Waals surface area contributed by atoms with Crippen molar-refractivity contribution in [1.82, 2.24) is 19.8 Å². The number of benzene rings is 4. The zero-order valence-corrected chi connectivity index (χ0v) is 44.5. The summed E-state index contributed by atoms with van der Waals surface area (Å²) < 4.78 is 0. The number of carbonyl (C=O) groups excluding carboxylic acids is 2. The maximum absolute atomic E-state index is 12.2. The van der Waals surface area contributed by atoms with E-state index in [1.54, 1.807) is 189 Å². The predicted molar refractivity (Wildman–Crippen MR) is 286 cm³/mol. The summed E-state index contributed by atoms with van der Waals surface area (Å²) in [4.78, 5) is 30.7. The van der Waals surface area contributed by atoms with Crippen LogP contribution in [-0.4, -0.2) is 107 Å². The van der Waals surface area contributed by atoms with Crippen LogP contribution in [-0.2, 0) is 43.7 Å². The molecule has 0 fully saturated rings. The van der Waals surface area contributed by atoms with Crippen molar-refractivity contribution >= 4 is 82.0 Å². The van der Waals surface area contributed by atoms with Crippen molar-refractivity contribution in [3.05, 3.63) is 178 Å². The number of carbonyl (C=O) groups is 2. The van der Waals surface area contributed by atoms with Crippen molar-refractivity contribution in [3.8, 4) is 0 Å². The SMILES string of the molecule is C/C(=N\N=C(/[O-])c1ccccc1N)c1cccc(/C(C)=N/N=C(\[O-])c2ccccc2N)n1.C/C(=N\N=C(/[O-])c1ccccc1N)c1cccc(/C(C)=N/N=C(\[O-])c2ccccc2N)n1.CN(C)C=O.CN(C)C=O.[Cu+2].[Cu+2]. The van der Waals surface area contributed by atoms with Gasteiger partial charge in [-0.05, 0) is 76.2 Å². The molecule has 24 heteroatoms. The van der Waals surface area contributed by atoms with Gasteiger partial charge >= 0.3 is 34.1 Å². The fraction of sp³-hybridized carbons (Fsp3) is 0.154. The number of nitrogens with two attached hydrogens (primary N) is 4. The number of hydrogen-bond acceptors (Lipinski definition) is 20. The molecule has 2 amide bonds. The number of para-hydroxylation sites is 4. The van der Waals surface area contributed by atoms with Crippen molar-refractivity contribution in [1.29, 1.82) is 0 Å². The van der Waals surface area contributed by atoms with Gasteiger partial charge in [0.2, 0.25) is 12.8 Å². The van der Waals surface area contributed by atoms with Crippen molar-refractivity contribution in [2.75, 3.05) is 51.1 Å². The van der Waals surface area contributed by atoms with E-state index in [-0.39, 0.29) is 56.4 Å². The van der Waals surface area contributed by atoms with Crippen molar-refractivity contribution < 1.29 is 64.2 Å². The monoisotopic (exact) mass is 1130 g/mol. The van der Waals surface area contributed by atoms with Gasteiger partial charge in [0.25, 0.3) is 0 Å². The normalized spacial score (nSPS) is 12.1. The Kier molecular flexibility index (Phi) is 28.7. The van der Waals surface area contributed by atoms with E-state index in [9.17, 15) is 30.0 Å². The van der Waals surface area contributed by atoms with Crippen LogP contribution >= 0.6 is 0 Å². The van der Waals surface area contributed by atoms with Crippen LogP contribution in [0, 0.1) is 0 Å². The van der Waals surface area contributed by atoms with Crippen molar-refractivity contribution in [2.24, 2.45) is 40.8 Å².